The first kappa shape index (κ1) is 16.3. The molecule has 3 N–H and O–H groups in total. The van der Waals surface area contributed by atoms with E-state index in [1.165, 1.54) is 6.92 Å². The smallest absolute Gasteiger partial charge is 0.322 e. The molecule has 0 aromatic carbocycles. The Morgan fingerprint density at radius 2 is 1.83 bits per heavy atom. The number of aliphatic carboxylic acids is 1. The number of carboxylic acid groups (broad SMARTS) is 1. The van der Waals surface area contributed by atoms with E-state index in [0.29, 0.717) is 4.31 Å². The van der Waals surface area contributed by atoms with Crippen LogP contribution in [-0.4, -0.2) is 61.1 Å². The summed E-state index contributed by atoms with van der Waals surface area (Å²) in [5.74, 6) is -4.56. The highest BCUT2D eigenvalue weighted by molar-refractivity contribution is 7.89. The number of ether oxygens (including phenoxy) is 1. The third-order valence-electron chi connectivity index (χ3n) is 1.64. The average Bonchev–Trinajstić information content (AvgIpc) is 2.14. The summed E-state index contributed by atoms with van der Waals surface area (Å²) in [6, 6.07) is 0. The van der Waals surface area contributed by atoms with Crippen molar-refractivity contribution >= 4 is 27.9 Å². The molecule has 0 rings (SSSR count). The fraction of sp³-hybridized carbons (Fsp3) is 0.625. The number of primary amides is 1. The molecule has 0 radical (unpaired) electrons. The van der Waals surface area contributed by atoms with Crippen LogP contribution in [0.15, 0.2) is 0 Å². The van der Waals surface area contributed by atoms with E-state index < -0.39 is 46.7 Å². The summed E-state index contributed by atoms with van der Waals surface area (Å²) in [7, 11) is -4.26. The number of nitrogens with two attached hydrogens (primary N) is 1. The molecule has 0 aliphatic carbocycles. The van der Waals surface area contributed by atoms with Gasteiger partial charge in [0.2, 0.25) is 15.9 Å². The van der Waals surface area contributed by atoms with Gasteiger partial charge in [-0.3, -0.25) is 14.4 Å². The molecule has 1 amide bonds. The van der Waals surface area contributed by atoms with Crippen molar-refractivity contribution in [2.45, 2.75) is 6.92 Å². The van der Waals surface area contributed by atoms with Crippen molar-refractivity contribution in [1.29, 1.82) is 0 Å². The largest absolute Gasteiger partial charge is 0.480 e. The van der Waals surface area contributed by atoms with Crippen LogP contribution in [0.5, 0.6) is 0 Å². The Labute approximate surface area is 104 Å². The van der Waals surface area contributed by atoms with Crippen molar-refractivity contribution < 1.29 is 32.6 Å². The fourth-order valence-electron chi connectivity index (χ4n) is 1.02. The minimum atomic E-state index is -4.26. The van der Waals surface area contributed by atoms with E-state index in [2.05, 4.69) is 4.74 Å². The SMILES string of the molecule is CCOC(=O)CS(=O)(=O)N(CC(N)=O)CC(=O)O. The second-order valence-corrected chi connectivity index (χ2v) is 5.16. The molecule has 0 heterocycles. The molecule has 0 saturated heterocycles. The van der Waals surface area contributed by atoms with Crippen LogP contribution in [0.1, 0.15) is 6.92 Å². The Kier molecular flexibility index (Phi) is 6.27. The molecule has 0 spiro atoms. The minimum Gasteiger partial charge on any atom is -0.480 e. The van der Waals surface area contributed by atoms with Crippen LogP contribution in [0.4, 0.5) is 0 Å². The molecule has 0 atom stereocenters. The van der Waals surface area contributed by atoms with Crippen LogP contribution in [0.3, 0.4) is 0 Å². The Morgan fingerprint density at radius 3 is 2.22 bits per heavy atom. The number of carbonyl (C=O) groups is 3. The Bertz CT molecular complexity index is 415. The number of rotatable bonds is 8. The third kappa shape index (κ3) is 6.15. The zero-order valence-corrected chi connectivity index (χ0v) is 10.5. The highest BCUT2D eigenvalue weighted by Crippen LogP contribution is 2.02. The Balaban J connectivity index is 4.90. The van der Waals surface area contributed by atoms with Gasteiger partial charge >= 0.3 is 11.9 Å². The van der Waals surface area contributed by atoms with Crippen LogP contribution in [0.2, 0.25) is 0 Å². The first-order valence-electron chi connectivity index (χ1n) is 4.82. The maximum Gasteiger partial charge on any atom is 0.322 e. The Morgan fingerprint density at radius 1 is 1.28 bits per heavy atom. The second kappa shape index (κ2) is 6.91. The van der Waals surface area contributed by atoms with E-state index in [9.17, 15) is 22.8 Å². The van der Waals surface area contributed by atoms with Gasteiger partial charge in [0.25, 0.3) is 0 Å². The van der Waals surface area contributed by atoms with Crippen molar-refractivity contribution in [1.82, 2.24) is 4.31 Å². The Hall–Kier alpha value is -1.68. The maximum absolute atomic E-state index is 11.6. The van der Waals surface area contributed by atoms with Gasteiger partial charge in [-0.15, -0.1) is 0 Å². The van der Waals surface area contributed by atoms with E-state index >= 15 is 0 Å². The molecular weight excluding hydrogens is 268 g/mol. The van der Waals surface area contributed by atoms with E-state index in [-0.39, 0.29) is 6.61 Å². The summed E-state index contributed by atoms with van der Waals surface area (Å²) < 4.78 is 28.0. The number of esters is 1. The molecule has 0 saturated carbocycles. The lowest BCUT2D eigenvalue weighted by Crippen LogP contribution is -2.43. The highest BCUT2D eigenvalue weighted by Gasteiger charge is 2.29. The summed E-state index contributed by atoms with van der Waals surface area (Å²) in [5, 5.41) is 8.52. The van der Waals surface area contributed by atoms with Crippen LogP contribution in [0.25, 0.3) is 0 Å². The molecule has 10 heteroatoms. The van der Waals surface area contributed by atoms with Gasteiger partial charge in [-0.2, -0.15) is 4.31 Å². The number of hydrogen-bond acceptors (Lipinski definition) is 6. The summed E-state index contributed by atoms with van der Waals surface area (Å²) in [6.07, 6.45) is 0. The number of carbonyl (C=O) groups excluding carboxylic acids is 2. The standard InChI is InChI=1S/C8H14N2O7S/c1-2-17-8(14)5-18(15,16)10(3-6(9)11)4-7(12)13/h2-5H2,1H3,(H2,9,11)(H,12,13). The molecule has 0 aliphatic rings. The number of sulfonamides is 1. The number of nitrogens with zero attached hydrogens (tertiary/aromatic N) is 1. The number of amides is 1. The molecule has 0 unspecified atom stereocenters. The fourth-order valence-corrected chi connectivity index (χ4v) is 2.21. The zero-order chi connectivity index (χ0) is 14.3. The average molecular weight is 282 g/mol. The van der Waals surface area contributed by atoms with Crippen molar-refractivity contribution in [2.75, 3.05) is 25.4 Å². The first-order valence-corrected chi connectivity index (χ1v) is 6.43. The van der Waals surface area contributed by atoms with Crippen molar-refractivity contribution in [2.24, 2.45) is 5.73 Å². The summed E-state index contributed by atoms with van der Waals surface area (Å²) >= 11 is 0. The molecule has 9 nitrogen and oxygen atoms in total. The van der Waals surface area contributed by atoms with Gasteiger partial charge in [0, 0.05) is 0 Å². The number of carboxylic acids is 1. The number of hydrogen-bond donors (Lipinski definition) is 2. The van der Waals surface area contributed by atoms with Gasteiger partial charge in [-0.05, 0) is 6.92 Å². The van der Waals surface area contributed by atoms with Crippen LogP contribution >= 0.6 is 0 Å². The summed E-state index contributed by atoms with van der Waals surface area (Å²) in [6.45, 7) is -0.287. The quantitative estimate of drug-likeness (QED) is 0.478. The molecule has 0 fully saturated rings. The van der Waals surface area contributed by atoms with Gasteiger partial charge in [0.15, 0.2) is 5.75 Å². The van der Waals surface area contributed by atoms with Crippen molar-refractivity contribution in [3.05, 3.63) is 0 Å². The molecule has 0 bridgehead atoms. The maximum atomic E-state index is 11.6. The molecular formula is C8H14N2O7S. The van der Waals surface area contributed by atoms with E-state index in [4.69, 9.17) is 10.8 Å². The lowest BCUT2D eigenvalue weighted by molar-refractivity contribution is -0.140. The minimum absolute atomic E-state index is 0.0108. The monoisotopic (exact) mass is 282 g/mol. The van der Waals surface area contributed by atoms with E-state index in [1.807, 2.05) is 0 Å². The van der Waals surface area contributed by atoms with Gasteiger partial charge < -0.3 is 15.6 Å². The first-order chi connectivity index (χ1) is 8.19. The van der Waals surface area contributed by atoms with Gasteiger partial charge in [-0.1, -0.05) is 0 Å². The van der Waals surface area contributed by atoms with Gasteiger partial charge in [-0.25, -0.2) is 8.42 Å². The van der Waals surface area contributed by atoms with Crippen LogP contribution in [-0.2, 0) is 29.1 Å². The second-order valence-electron chi connectivity index (χ2n) is 3.19. The van der Waals surface area contributed by atoms with E-state index in [1.54, 1.807) is 0 Å². The lowest BCUT2D eigenvalue weighted by Gasteiger charge is -2.17. The van der Waals surface area contributed by atoms with Gasteiger partial charge in [0.1, 0.15) is 6.54 Å². The molecule has 104 valence electrons. The topological polar surface area (TPSA) is 144 Å². The highest BCUT2D eigenvalue weighted by atomic mass is 32.2. The normalized spacial score (nSPS) is 11.2. The van der Waals surface area contributed by atoms with Gasteiger partial charge in [0.05, 0.1) is 13.2 Å². The predicted molar refractivity (Wildman–Crippen MR) is 58.8 cm³/mol. The van der Waals surface area contributed by atoms with E-state index in [0.717, 1.165) is 0 Å². The lowest BCUT2D eigenvalue weighted by atomic mass is 10.5. The van der Waals surface area contributed by atoms with Crippen molar-refractivity contribution in [3.63, 3.8) is 0 Å². The van der Waals surface area contributed by atoms with Crippen LogP contribution in [0, 0.1) is 0 Å². The zero-order valence-electron chi connectivity index (χ0n) is 9.66. The molecule has 0 aromatic heterocycles. The van der Waals surface area contributed by atoms with Crippen LogP contribution < -0.4 is 5.73 Å². The molecule has 18 heavy (non-hydrogen) atoms. The predicted octanol–water partition coefficient (Wildman–Crippen LogP) is -2.25. The molecule has 0 aliphatic heterocycles. The summed E-state index contributed by atoms with van der Waals surface area (Å²) in [4.78, 5) is 32.2. The summed E-state index contributed by atoms with van der Waals surface area (Å²) in [5.41, 5.74) is 4.80. The molecule has 0 aromatic rings. The third-order valence-corrected chi connectivity index (χ3v) is 3.29. The van der Waals surface area contributed by atoms with Crippen molar-refractivity contribution in [3.8, 4) is 0 Å².